The van der Waals surface area contributed by atoms with Gasteiger partial charge in [0, 0.05) is 44.8 Å². The Labute approximate surface area is 186 Å². The van der Waals surface area contributed by atoms with Crippen LogP contribution >= 0.6 is 24.0 Å². The zero-order valence-corrected chi connectivity index (χ0v) is 19.5. The van der Waals surface area contributed by atoms with E-state index in [1.807, 2.05) is 19.9 Å². The largest absolute Gasteiger partial charge is 0.355 e. The van der Waals surface area contributed by atoms with Crippen LogP contribution in [0.4, 0.5) is 5.82 Å². The fourth-order valence-electron chi connectivity index (χ4n) is 3.84. The number of hydrogen-bond donors (Lipinski definition) is 0. The van der Waals surface area contributed by atoms with Crippen LogP contribution in [0.5, 0.6) is 0 Å². The van der Waals surface area contributed by atoms with Crippen LogP contribution in [0.25, 0.3) is 6.08 Å². The van der Waals surface area contributed by atoms with E-state index in [9.17, 15) is 14.9 Å². The van der Waals surface area contributed by atoms with E-state index >= 15 is 0 Å². The summed E-state index contributed by atoms with van der Waals surface area (Å²) in [5.41, 5.74) is 1.26. The molecule has 0 radical (unpaired) electrons. The molecule has 9 heteroatoms. The maximum absolute atomic E-state index is 13.1. The first-order valence-electron chi connectivity index (χ1n) is 10.2. The number of rotatable bonds is 5. The number of aromatic nitrogens is 1. The van der Waals surface area contributed by atoms with Crippen molar-refractivity contribution < 1.29 is 4.79 Å². The van der Waals surface area contributed by atoms with E-state index in [4.69, 9.17) is 12.2 Å². The van der Waals surface area contributed by atoms with Gasteiger partial charge in [-0.25, -0.2) is 0 Å². The molecule has 0 bridgehead atoms. The Kier molecular flexibility index (Phi) is 7.01. The molecule has 2 aliphatic rings. The molecule has 2 saturated heterocycles. The second-order valence-corrected chi connectivity index (χ2v) is 9.20. The number of nitrogens with zero attached hydrogens (tertiary/aromatic N) is 5. The van der Waals surface area contributed by atoms with Gasteiger partial charge in [0.15, 0.2) is 0 Å². The Hall–Kier alpha value is -2.15. The van der Waals surface area contributed by atoms with Gasteiger partial charge in [0.05, 0.1) is 4.91 Å². The van der Waals surface area contributed by atoms with Gasteiger partial charge in [-0.2, -0.15) is 5.26 Å². The third kappa shape index (κ3) is 4.04. The van der Waals surface area contributed by atoms with Gasteiger partial charge in [0.1, 0.15) is 21.8 Å². The molecular weight excluding hydrogens is 418 g/mol. The van der Waals surface area contributed by atoms with Crippen molar-refractivity contribution in [1.82, 2.24) is 14.4 Å². The van der Waals surface area contributed by atoms with Crippen molar-refractivity contribution in [3.63, 3.8) is 0 Å². The quantitative estimate of drug-likeness (QED) is 0.509. The number of likely N-dealkylation sites (N-methyl/N-ethyl adjacent to an activating group) is 2. The first-order chi connectivity index (χ1) is 14.3. The fourth-order valence-corrected chi connectivity index (χ4v) is 5.20. The summed E-state index contributed by atoms with van der Waals surface area (Å²) >= 11 is 6.63. The smallest absolute Gasteiger partial charge is 0.270 e. The Balaban J connectivity index is 2.25. The molecule has 160 valence electrons. The summed E-state index contributed by atoms with van der Waals surface area (Å²) in [7, 11) is 2.08. The van der Waals surface area contributed by atoms with Gasteiger partial charge in [-0.3, -0.25) is 19.1 Å². The number of nitriles is 1. The molecule has 1 amide bonds. The van der Waals surface area contributed by atoms with E-state index < -0.39 is 0 Å². The summed E-state index contributed by atoms with van der Waals surface area (Å²) in [5, 5.41) is 9.68. The number of hydrogen-bond acceptors (Lipinski definition) is 7. The maximum Gasteiger partial charge on any atom is 0.270 e. The number of pyridine rings is 1. The lowest BCUT2D eigenvalue weighted by Crippen LogP contribution is -2.47. The molecule has 0 unspecified atom stereocenters. The number of piperazine rings is 1. The van der Waals surface area contributed by atoms with Crippen molar-refractivity contribution in [3.8, 4) is 6.07 Å². The predicted octanol–water partition coefficient (Wildman–Crippen LogP) is 2.41. The average molecular weight is 446 g/mol. The summed E-state index contributed by atoms with van der Waals surface area (Å²) in [6.07, 6.45) is 2.59. The molecular formula is C21H27N5O2S2. The minimum absolute atomic E-state index is 0.122. The molecule has 0 spiro atoms. The number of amides is 1. The molecule has 1 aromatic heterocycles. The van der Waals surface area contributed by atoms with Crippen LogP contribution in [-0.4, -0.2) is 64.4 Å². The topological polar surface area (TPSA) is 72.6 Å². The minimum atomic E-state index is -0.260. The standard InChI is InChI=1S/C21H27N5O2S2/c1-5-7-26-18(24-10-8-23(4)9-11-24)15(14(3)16(13-22)19(26)27)12-17-20(28)25(6-2)21(29)30-17/h12H,5-11H2,1-4H3. The summed E-state index contributed by atoms with van der Waals surface area (Å²) in [6, 6.07) is 2.09. The highest BCUT2D eigenvalue weighted by atomic mass is 32.2. The van der Waals surface area contributed by atoms with E-state index in [0.29, 0.717) is 27.9 Å². The van der Waals surface area contributed by atoms with E-state index in [2.05, 4.69) is 22.9 Å². The lowest BCUT2D eigenvalue weighted by Gasteiger charge is -2.36. The van der Waals surface area contributed by atoms with Gasteiger partial charge in [0.2, 0.25) is 0 Å². The van der Waals surface area contributed by atoms with E-state index in [1.54, 1.807) is 16.4 Å². The van der Waals surface area contributed by atoms with Gasteiger partial charge < -0.3 is 9.80 Å². The first-order valence-corrected chi connectivity index (χ1v) is 11.4. The van der Waals surface area contributed by atoms with Crippen molar-refractivity contribution in [3.05, 3.63) is 31.9 Å². The average Bonchev–Trinajstić information content (AvgIpc) is 2.99. The number of anilines is 1. The Morgan fingerprint density at radius 1 is 1.20 bits per heavy atom. The molecule has 0 aromatic carbocycles. The van der Waals surface area contributed by atoms with Crippen molar-refractivity contribution in [2.24, 2.45) is 0 Å². The normalized spacial score (nSPS) is 19.1. The Morgan fingerprint density at radius 3 is 2.40 bits per heavy atom. The first kappa shape index (κ1) is 22.5. The number of carbonyl (C=O) groups excluding carboxylic acids is 1. The molecule has 1 aromatic rings. The summed E-state index contributed by atoms with van der Waals surface area (Å²) in [6.45, 7) is 10.1. The molecule has 3 rings (SSSR count). The van der Waals surface area contributed by atoms with Crippen LogP contribution in [0.1, 0.15) is 37.0 Å². The van der Waals surface area contributed by atoms with Crippen LogP contribution in [0.2, 0.25) is 0 Å². The van der Waals surface area contributed by atoms with Gasteiger partial charge in [-0.05, 0) is 39.0 Å². The highest BCUT2D eigenvalue weighted by molar-refractivity contribution is 8.26. The fraction of sp³-hybridized carbons (Fsp3) is 0.524. The third-order valence-corrected chi connectivity index (χ3v) is 6.94. The minimum Gasteiger partial charge on any atom is -0.355 e. The van der Waals surface area contributed by atoms with Gasteiger partial charge in [-0.15, -0.1) is 0 Å². The van der Waals surface area contributed by atoms with Crippen molar-refractivity contribution in [2.45, 2.75) is 33.7 Å². The molecule has 0 aliphatic carbocycles. The van der Waals surface area contributed by atoms with Crippen LogP contribution in [0.15, 0.2) is 9.70 Å². The Morgan fingerprint density at radius 2 is 1.87 bits per heavy atom. The highest BCUT2D eigenvalue weighted by Gasteiger charge is 2.32. The zero-order chi connectivity index (χ0) is 22.0. The van der Waals surface area contributed by atoms with E-state index in [1.165, 1.54) is 11.8 Å². The van der Waals surface area contributed by atoms with Crippen LogP contribution < -0.4 is 10.5 Å². The van der Waals surface area contributed by atoms with Gasteiger partial charge in [-0.1, -0.05) is 30.9 Å². The molecule has 0 saturated carbocycles. The molecule has 2 aliphatic heterocycles. The molecule has 7 nitrogen and oxygen atoms in total. The number of carbonyl (C=O) groups is 1. The lowest BCUT2D eigenvalue weighted by molar-refractivity contribution is -0.121. The zero-order valence-electron chi connectivity index (χ0n) is 17.9. The van der Waals surface area contributed by atoms with Crippen LogP contribution in [0.3, 0.4) is 0 Å². The number of thioether (sulfide) groups is 1. The lowest BCUT2D eigenvalue weighted by atomic mass is 10.0. The van der Waals surface area contributed by atoms with Gasteiger partial charge in [0.25, 0.3) is 11.5 Å². The summed E-state index contributed by atoms with van der Waals surface area (Å²) in [5.74, 6) is 0.677. The molecule has 0 atom stereocenters. The summed E-state index contributed by atoms with van der Waals surface area (Å²) < 4.78 is 2.25. The molecule has 0 N–H and O–H groups in total. The maximum atomic E-state index is 13.1. The molecule has 30 heavy (non-hydrogen) atoms. The van der Waals surface area contributed by atoms with Crippen LogP contribution in [-0.2, 0) is 11.3 Å². The molecule has 2 fully saturated rings. The van der Waals surface area contributed by atoms with Crippen molar-refractivity contribution in [2.75, 3.05) is 44.7 Å². The van der Waals surface area contributed by atoms with Crippen molar-refractivity contribution >= 4 is 46.1 Å². The van der Waals surface area contributed by atoms with E-state index in [0.717, 1.165) is 44.0 Å². The SMILES string of the molecule is CCCn1c(N2CCN(C)CC2)c(C=C2SC(=S)N(CC)C2=O)c(C)c(C#N)c1=O. The predicted molar refractivity (Wildman–Crippen MR) is 126 cm³/mol. The summed E-state index contributed by atoms with van der Waals surface area (Å²) in [4.78, 5) is 32.5. The van der Waals surface area contributed by atoms with Gasteiger partial charge >= 0.3 is 0 Å². The van der Waals surface area contributed by atoms with Crippen molar-refractivity contribution in [1.29, 1.82) is 5.26 Å². The number of thiocarbonyl (C=S) groups is 1. The van der Waals surface area contributed by atoms with E-state index in [-0.39, 0.29) is 17.0 Å². The third-order valence-electron chi connectivity index (χ3n) is 5.56. The second kappa shape index (κ2) is 9.33. The van der Waals surface area contributed by atoms with Crippen LogP contribution in [0, 0.1) is 18.3 Å². The monoisotopic (exact) mass is 445 g/mol. The Bertz CT molecular complexity index is 1000. The highest BCUT2D eigenvalue weighted by Crippen LogP contribution is 2.35. The molecule has 3 heterocycles. The second-order valence-electron chi connectivity index (χ2n) is 7.52.